The maximum Gasteiger partial charge on any atom is 0.256 e. The van der Waals surface area contributed by atoms with Gasteiger partial charge < -0.3 is 15.6 Å². The van der Waals surface area contributed by atoms with Crippen molar-refractivity contribution >= 4 is 22.4 Å². The molecule has 2 heterocycles. The fraction of sp³-hybridized carbons (Fsp3) is 0.143. The third kappa shape index (κ3) is 3.12. The van der Waals surface area contributed by atoms with Crippen LogP contribution in [0.15, 0.2) is 41.1 Å². The number of aromatic nitrogens is 3. The molecule has 1 aromatic carbocycles. The topological polar surface area (TPSA) is 107 Å². The lowest BCUT2D eigenvalue weighted by Crippen LogP contribution is -2.25. The minimum atomic E-state index is -0.238. The van der Waals surface area contributed by atoms with Crippen molar-refractivity contribution in [2.75, 3.05) is 12.3 Å². The predicted octanol–water partition coefficient (Wildman–Crippen LogP) is 1.75. The SMILES string of the molecule is Nc1nnc(CCNC(=O)c2conc2-c2ccccc2)s1. The zero-order chi connectivity index (χ0) is 15.4. The van der Waals surface area contributed by atoms with Gasteiger partial charge in [-0.15, -0.1) is 10.2 Å². The molecule has 0 spiro atoms. The molecule has 0 saturated carbocycles. The fourth-order valence-corrected chi connectivity index (χ4v) is 2.56. The third-order valence-corrected chi connectivity index (χ3v) is 3.78. The molecule has 1 amide bonds. The van der Waals surface area contributed by atoms with E-state index in [1.54, 1.807) is 0 Å². The average molecular weight is 315 g/mol. The molecular weight excluding hydrogens is 302 g/mol. The summed E-state index contributed by atoms with van der Waals surface area (Å²) in [5.41, 5.74) is 7.27. The van der Waals surface area contributed by atoms with Gasteiger partial charge >= 0.3 is 0 Å². The molecule has 22 heavy (non-hydrogen) atoms. The summed E-state index contributed by atoms with van der Waals surface area (Å²) >= 11 is 1.31. The summed E-state index contributed by atoms with van der Waals surface area (Å²) < 4.78 is 4.94. The van der Waals surface area contributed by atoms with E-state index in [0.29, 0.717) is 29.4 Å². The van der Waals surface area contributed by atoms with Gasteiger partial charge in [0.2, 0.25) is 5.13 Å². The third-order valence-electron chi connectivity index (χ3n) is 2.97. The first-order valence-corrected chi connectivity index (χ1v) is 7.41. The number of carbonyl (C=O) groups excluding carboxylic acids is 1. The quantitative estimate of drug-likeness (QED) is 0.743. The number of carbonyl (C=O) groups is 1. The Kier molecular flexibility index (Phi) is 4.10. The number of rotatable bonds is 5. The Bertz CT molecular complexity index is 768. The highest BCUT2D eigenvalue weighted by atomic mass is 32.1. The van der Waals surface area contributed by atoms with Crippen molar-refractivity contribution in [3.05, 3.63) is 47.2 Å². The van der Waals surface area contributed by atoms with Gasteiger partial charge in [-0.2, -0.15) is 0 Å². The largest absolute Gasteiger partial charge is 0.374 e. The molecule has 3 N–H and O–H groups in total. The van der Waals surface area contributed by atoms with Crippen LogP contribution in [0.5, 0.6) is 0 Å². The van der Waals surface area contributed by atoms with Crippen LogP contribution in [0.4, 0.5) is 5.13 Å². The van der Waals surface area contributed by atoms with Crippen molar-refractivity contribution in [1.29, 1.82) is 0 Å². The van der Waals surface area contributed by atoms with Crippen molar-refractivity contribution in [1.82, 2.24) is 20.7 Å². The number of nitrogen functional groups attached to an aromatic ring is 1. The van der Waals surface area contributed by atoms with Crippen LogP contribution in [0.2, 0.25) is 0 Å². The second kappa shape index (κ2) is 6.35. The Labute approximate surface area is 130 Å². The molecule has 0 bridgehead atoms. The Balaban J connectivity index is 1.65. The molecule has 0 aliphatic rings. The Morgan fingerprint density at radius 2 is 2.09 bits per heavy atom. The molecular formula is C14H13N5O2S. The van der Waals surface area contributed by atoms with Crippen LogP contribution in [-0.4, -0.2) is 27.8 Å². The van der Waals surface area contributed by atoms with Gasteiger partial charge in [-0.25, -0.2) is 0 Å². The lowest BCUT2D eigenvalue weighted by Gasteiger charge is -2.03. The van der Waals surface area contributed by atoms with E-state index in [2.05, 4.69) is 20.7 Å². The molecule has 112 valence electrons. The maximum absolute atomic E-state index is 12.2. The zero-order valence-electron chi connectivity index (χ0n) is 11.5. The van der Waals surface area contributed by atoms with Crippen molar-refractivity contribution in [2.24, 2.45) is 0 Å². The van der Waals surface area contributed by atoms with Gasteiger partial charge in [0.15, 0.2) is 0 Å². The molecule has 3 rings (SSSR count). The summed E-state index contributed by atoms with van der Waals surface area (Å²) in [6.45, 7) is 0.437. The standard InChI is InChI=1S/C14H13N5O2S/c15-14-18-17-11(22-14)6-7-16-13(20)10-8-21-19-12(10)9-4-2-1-3-5-9/h1-5,8H,6-7H2,(H2,15,18)(H,16,20). The van der Waals surface area contributed by atoms with Crippen molar-refractivity contribution in [2.45, 2.75) is 6.42 Å². The predicted molar refractivity (Wildman–Crippen MR) is 82.3 cm³/mol. The van der Waals surface area contributed by atoms with E-state index in [0.717, 1.165) is 10.6 Å². The van der Waals surface area contributed by atoms with Crippen LogP contribution < -0.4 is 11.1 Å². The summed E-state index contributed by atoms with van der Waals surface area (Å²) in [6, 6.07) is 9.41. The number of amides is 1. The Morgan fingerprint density at radius 3 is 2.82 bits per heavy atom. The van der Waals surface area contributed by atoms with E-state index in [1.807, 2.05) is 30.3 Å². The molecule has 0 saturated heterocycles. The molecule has 0 aliphatic carbocycles. The molecule has 0 unspecified atom stereocenters. The molecule has 0 aliphatic heterocycles. The highest BCUT2D eigenvalue weighted by Gasteiger charge is 2.17. The lowest BCUT2D eigenvalue weighted by molar-refractivity contribution is 0.0954. The second-order valence-electron chi connectivity index (χ2n) is 4.48. The molecule has 2 aromatic heterocycles. The first-order chi connectivity index (χ1) is 10.7. The van der Waals surface area contributed by atoms with E-state index < -0.39 is 0 Å². The molecule has 3 aromatic rings. The first kappa shape index (κ1) is 14.2. The molecule has 0 radical (unpaired) electrons. The van der Waals surface area contributed by atoms with Gasteiger partial charge in [-0.1, -0.05) is 46.8 Å². The zero-order valence-corrected chi connectivity index (χ0v) is 12.3. The smallest absolute Gasteiger partial charge is 0.256 e. The number of benzene rings is 1. The fourth-order valence-electron chi connectivity index (χ4n) is 1.95. The molecule has 0 atom stereocenters. The van der Waals surface area contributed by atoms with E-state index in [-0.39, 0.29) is 5.91 Å². The molecule has 0 fully saturated rings. The van der Waals surface area contributed by atoms with Gasteiger partial charge in [0.25, 0.3) is 5.91 Å². The van der Waals surface area contributed by atoms with Gasteiger partial charge in [0, 0.05) is 18.5 Å². The summed E-state index contributed by atoms with van der Waals surface area (Å²) in [5, 5.41) is 15.6. The average Bonchev–Trinajstić information content (AvgIpc) is 3.17. The minimum absolute atomic E-state index is 0.238. The highest BCUT2D eigenvalue weighted by Crippen LogP contribution is 2.21. The van der Waals surface area contributed by atoms with E-state index in [4.69, 9.17) is 10.3 Å². The van der Waals surface area contributed by atoms with Gasteiger partial charge in [0.05, 0.1) is 0 Å². The van der Waals surface area contributed by atoms with Gasteiger partial charge in [0.1, 0.15) is 22.5 Å². The van der Waals surface area contributed by atoms with Gasteiger partial charge in [-0.05, 0) is 0 Å². The van der Waals surface area contributed by atoms with Crippen molar-refractivity contribution in [3.8, 4) is 11.3 Å². The number of anilines is 1. The molecule has 8 heteroatoms. The Morgan fingerprint density at radius 1 is 1.27 bits per heavy atom. The second-order valence-corrected chi connectivity index (χ2v) is 5.58. The van der Waals surface area contributed by atoms with E-state index in [9.17, 15) is 4.79 Å². The van der Waals surface area contributed by atoms with Crippen LogP contribution in [0.3, 0.4) is 0 Å². The minimum Gasteiger partial charge on any atom is -0.374 e. The number of nitrogens with zero attached hydrogens (tertiary/aromatic N) is 3. The van der Waals surface area contributed by atoms with Crippen LogP contribution in [-0.2, 0) is 6.42 Å². The number of hydrogen-bond acceptors (Lipinski definition) is 7. The monoisotopic (exact) mass is 315 g/mol. The van der Waals surface area contributed by atoms with Crippen LogP contribution in [0.1, 0.15) is 15.4 Å². The van der Waals surface area contributed by atoms with Crippen LogP contribution >= 0.6 is 11.3 Å². The van der Waals surface area contributed by atoms with Crippen molar-refractivity contribution < 1.29 is 9.32 Å². The Hall–Kier alpha value is -2.74. The first-order valence-electron chi connectivity index (χ1n) is 6.60. The van der Waals surface area contributed by atoms with Crippen molar-refractivity contribution in [3.63, 3.8) is 0 Å². The van der Waals surface area contributed by atoms with Gasteiger partial charge in [-0.3, -0.25) is 4.79 Å². The summed E-state index contributed by atoms with van der Waals surface area (Å²) in [6.07, 6.45) is 1.92. The lowest BCUT2D eigenvalue weighted by atomic mass is 10.1. The maximum atomic E-state index is 12.2. The van der Waals surface area contributed by atoms with Crippen LogP contribution in [0.25, 0.3) is 11.3 Å². The molecule has 7 nitrogen and oxygen atoms in total. The summed E-state index contributed by atoms with van der Waals surface area (Å²) in [5.74, 6) is -0.238. The highest BCUT2D eigenvalue weighted by molar-refractivity contribution is 7.15. The van der Waals surface area contributed by atoms with Crippen LogP contribution in [0, 0.1) is 0 Å². The normalized spacial score (nSPS) is 10.5. The number of nitrogens with two attached hydrogens (primary N) is 1. The van der Waals surface area contributed by atoms with E-state index in [1.165, 1.54) is 17.6 Å². The number of nitrogens with one attached hydrogen (secondary N) is 1. The summed E-state index contributed by atoms with van der Waals surface area (Å²) in [4.78, 5) is 12.2. The van der Waals surface area contributed by atoms with E-state index >= 15 is 0 Å². The summed E-state index contributed by atoms with van der Waals surface area (Å²) in [7, 11) is 0. The number of hydrogen-bond donors (Lipinski definition) is 2.